The van der Waals surface area contributed by atoms with Gasteiger partial charge in [0.25, 0.3) is 76.8 Å². The van der Waals surface area contributed by atoms with Crippen LogP contribution in [0.2, 0.25) is 0 Å². The quantitative estimate of drug-likeness (QED) is 0.0250. The highest BCUT2D eigenvalue weighted by molar-refractivity contribution is 6.13. The number of nitrogens with zero attached hydrogens (tertiary/aromatic N) is 9. The molecule has 5 N–H and O–H groups in total. The Morgan fingerprint density at radius 3 is 1.09 bits per heavy atom. The van der Waals surface area contributed by atoms with Gasteiger partial charge in [-0.15, -0.1) is 25.3 Å². The van der Waals surface area contributed by atoms with Crippen LogP contribution in [0.25, 0.3) is 18.2 Å². The van der Waals surface area contributed by atoms with Gasteiger partial charge >= 0.3 is 29.8 Å². The number of amides is 13. The van der Waals surface area contributed by atoms with Crippen LogP contribution in [0, 0.1) is 34.0 Å². The summed E-state index contributed by atoms with van der Waals surface area (Å²) in [4.78, 5) is 258. The van der Waals surface area contributed by atoms with Crippen LogP contribution in [-0.2, 0) is 107 Å². The number of anilines is 1. The predicted molar refractivity (Wildman–Crippen MR) is 383 cm³/mol. The fourth-order valence-electron chi connectivity index (χ4n) is 10.7. The Kier molecular flexibility index (Phi) is 27.6. The standard InChI is InChI=1S/C30H23N3O7.C26H18N4O10.C22H18N4O10/c31-18-23(16-19-8-12-24(34)13-9-19)29(38)32-25(30(39)40-33-26(35)14-15-27(33)36)17-20-6-10-22(11-7-20)28(37)21-4-2-1-3-5-21;27-13-17(9-14-1-3-19(31)4-2-14)24(36)28-18-11-15(25(37)39-29-20(32)5-6-21(29)33)10-16(12-18)26(38)40-30-22(34)7-8-23(30)35;23-10-14(9-13-1-3-15(27)4-2-13)22(34)24(11-20(32)35-25-16(28)5-6-17(25)29)12-21(33)36-26-18(30)7-8-19(26)31/h1-13,16,25,34H,14-15,17H2,(H,32,38);1-4,9-12,31H,5-8H2,(H,28,36);1-4,9,27H,5-8,11-12H2/b23-16+;17-9+;14-9+/t25-;;/m0../s1. The number of carbonyl (C=O) groups excluding carboxylic acids is 19. The van der Waals surface area contributed by atoms with Gasteiger partial charge in [0, 0.05) is 87.4 Å². The number of phenolic OH excluding ortho intramolecular Hbond substituents is 3. The molecule has 0 unspecified atom stereocenters. The van der Waals surface area contributed by atoms with Crippen molar-refractivity contribution in [2.75, 3.05) is 18.4 Å². The molecule has 1 atom stereocenters. The molecule has 11 rings (SSSR count). The van der Waals surface area contributed by atoms with E-state index in [0.717, 1.165) is 24.3 Å². The molecule has 0 aliphatic carbocycles. The van der Waals surface area contributed by atoms with E-state index in [-0.39, 0.29) is 131 Å². The maximum absolute atomic E-state index is 13.0. The largest absolute Gasteiger partial charge is 0.508 e. The molecule has 0 saturated carbocycles. The Bertz CT molecular complexity index is 5110. The van der Waals surface area contributed by atoms with E-state index in [9.17, 15) is 122 Å². The average Bonchev–Trinajstić information content (AvgIpc) is 1.55. The van der Waals surface area contributed by atoms with Crippen LogP contribution in [0.1, 0.15) is 123 Å². The fourth-order valence-corrected chi connectivity index (χ4v) is 10.7. The van der Waals surface area contributed by atoms with E-state index in [2.05, 4.69) is 10.6 Å². The van der Waals surface area contributed by atoms with Gasteiger partial charge in [0.05, 0.1) is 11.1 Å². The fraction of sp³-hybridized carbons (Fsp3) is 0.179. The summed E-state index contributed by atoms with van der Waals surface area (Å²) in [5.74, 6) is -16.9. The van der Waals surface area contributed by atoms with E-state index in [1.807, 2.05) is 0 Å². The summed E-state index contributed by atoms with van der Waals surface area (Å²) in [6, 6.07) is 38.5. The number of hydroxylamine groups is 10. The number of imide groups is 5. The van der Waals surface area contributed by atoms with Gasteiger partial charge in [0.15, 0.2) is 5.78 Å². The molecule has 0 spiro atoms. The van der Waals surface area contributed by atoms with Crippen molar-refractivity contribution in [2.45, 2.75) is 76.7 Å². The minimum atomic E-state index is -1.39. The smallest absolute Gasteiger partial charge is 0.364 e. The number of nitriles is 3. The first-order valence-corrected chi connectivity index (χ1v) is 34.2. The van der Waals surface area contributed by atoms with Crippen LogP contribution in [0.3, 0.4) is 0 Å². The molecule has 6 aromatic carbocycles. The Morgan fingerprint density at radius 1 is 0.397 bits per heavy atom. The number of hydrogen-bond acceptors (Lipinski definition) is 30. The second kappa shape index (κ2) is 38.3. The van der Waals surface area contributed by atoms with Crippen LogP contribution < -0.4 is 10.6 Å². The molecule has 5 fully saturated rings. The Balaban J connectivity index is 0.000000199. The molecule has 5 saturated heterocycles. The third-order valence-corrected chi connectivity index (χ3v) is 16.5. The molecule has 5 aliphatic heterocycles. The number of hydrogen-bond donors (Lipinski definition) is 5. The Morgan fingerprint density at radius 2 is 0.724 bits per heavy atom. The zero-order valence-corrected chi connectivity index (χ0v) is 60.0. The van der Waals surface area contributed by atoms with Gasteiger partial charge in [-0.2, -0.15) is 15.8 Å². The Labute approximate surface area is 653 Å². The van der Waals surface area contributed by atoms with E-state index >= 15 is 0 Å². The molecule has 116 heavy (non-hydrogen) atoms. The van der Waals surface area contributed by atoms with Gasteiger partial charge in [0.2, 0.25) is 0 Å². The summed E-state index contributed by atoms with van der Waals surface area (Å²) in [5, 5.41) is 63.0. The Hall–Kier alpha value is -16.5. The number of phenols is 3. The summed E-state index contributed by atoms with van der Waals surface area (Å²) in [6.07, 6.45) is 1.92. The second-order valence-electron chi connectivity index (χ2n) is 24.8. The van der Waals surface area contributed by atoms with Gasteiger partial charge in [-0.1, -0.05) is 91.0 Å². The van der Waals surface area contributed by atoms with E-state index < -0.39 is 142 Å². The summed E-state index contributed by atoms with van der Waals surface area (Å²) >= 11 is 0. The van der Waals surface area contributed by atoms with Crippen LogP contribution in [-0.4, -0.2) is 177 Å². The number of carbonyl (C=O) groups is 19. The number of rotatable bonds is 24. The molecule has 5 heterocycles. The lowest BCUT2D eigenvalue weighted by atomic mass is 9.99. The highest BCUT2D eigenvalue weighted by Crippen LogP contribution is 2.26. The third kappa shape index (κ3) is 22.2. The predicted octanol–water partition coefficient (Wildman–Crippen LogP) is 3.59. The van der Waals surface area contributed by atoms with E-state index in [4.69, 9.17) is 24.2 Å². The van der Waals surface area contributed by atoms with Gasteiger partial charge in [-0.3, -0.25) is 67.1 Å². The molecule has 0 bridgehead atoms. The maximum Gasteiger partial charge on any atom is 0.364 e. The first kappa shape index (κ1) is 83.6. The van der Waals surface area contributed by atoms with Crippen LogP contribution >= 0.6 is 0 Å². The number of nitrogens with one attached hydrogen (secondary N) is 2. The maximum atomic E-state index is 13.0. The lowest BCUT2D eigenvalue weighted by molar-refractivity contribution is -0.201. The van der Waals surface area contributed by atoms with Crippen molar-refractivity contribution in [2.24, 2.45) is 0 Å². The summed E-state index contributed by atoms with van der Waals surface area (Å²) in [6.45, 7) is -2.00. The second-order valence-corrected chi connectivity index (χ2v) is 24.8. The summed E-state index contributed by atoms with van der Waals surface area (Å²) < 4.78 is 0. The molecule has 38 nitrogen and oxygen atoms in total. The highest BCUT2D eigenvalue weighted by atomic mass is 16.7. The average molecular weight is 1580 g/mol. The molecule has 6 aromatic rings. The monoisotopic (exact) mass is 1580 g/mol. The minimum Gasteiger partial charge on any atom is -0.508 e. The molecule has 38 heteroatoms. The number of aromatic hydroxyl groups is 3. The van der Waals surface area contributed by atoms with Crippen molar-refractivity contribution in [3.8, 4) is 35.5 Å². The number of benzene rings is 6. The topological polar surface area (TPSA) is 546 Å². The lowest BCUT2D eigenvalue weighted by Gasteiger charge is -2.22. The molecular weight excluding hydrogens is 1520 g/mol. The molecule has 588 valence electrons. The molecule has 0 aromatic heterocycles. The first-order valence-electron chi connectivity index (χ1n) is 34.2. The third-order valence-electron chi connectivity index (χ3n) is 16.5. The van der Waals surface area contributed by atoms with Crippen molar-refractivity contribution in [1.82, 2.24) is 35.5 Å². The van der Waals surface area contributed by atoms with Crippen molar-refractivity contribution in [1.29, 1.82) is 15.8 Å². The van der Waals surface area contributed by atoms with Crippen molar-refractivity contribution in [3.63, 3.8) is 0 Å². The molecular formula is C78H59N11O27. The van der Waals surface area contributed by atoms with Crippen molar-refractivity contribution >= 4 is 136 Å². The van der Waals surface area contributed by atoms with E-state index in [1.54, 1.807) is 72.8 Å². The normalized spacial score (nSPS) is 14.9. The number of ketones is 1. The van der Waals surface area contributed by atoms with Gasteiger partial charge in [-0.05, 0) is 95.1 Å². The van der Waals surface area contributed by atoms with Crippen LogP contribution in [0.5, 0.6) is 17.2 Å². The molecule has 0 radical (unpaired) electrons. The van der Waals surface area contributed by atoms with E-state index in [0.29, 0.717) is 43.3 Å². The SMILES string of the molecule is N#C/C(=C\c1ccc(O)cc1)C(=O)N(CC(=O)ON1C(=O)CCC1=O)CC(=O)ON1C(=O)CCC1=O.N#C/C(=C\c1ccc(O)cc1)C(=O)N[C@@H](Cc1ccc(C(=O)c2ccccc2)cc1)C(=O)ON1C(=O)CCC1=O.N#C/C(=C\c1ccc(O)cc1)C(=O)Nc1cc(C(=O)ON2C(=O)CCC2=O)cc(C(=O)ON2C(=O)CCC2=O)c1. The summed E-state index contributed by atoms with van der Waals surface area (Å²) in [5.41, 5.74) is 0.333. The lowest BCUT2D eigenvalue weighted by Crippen LogP contribution is -2.46. The van der Waals surface area contributed by atoms with Gasteiger partial charge in [0.1, 0.15) is 71.3 Å². The van der Waals surface area contributed by atoms with Gasteiger partial charge in [-0.25, -0.2) is 24.0 Å². The van der Waals surface area contributed by atoms with Crippen LogP contribution in [0.4, 0.5) is 5.69 Å². The molecule has 5 aliphatic rings. The van der Waals surface area contributed by atoms with Crippen LogP contribution in [0.15, 0.2) is 162 Å². The van der Waals surface area contributed by atoms with Crippen molar-refractivity contribution in [3.05, 3.63) is 207 Å². The van der Waals surface area contributed by atoms with Gasteiger partial charge < -0.3 is 55.0 Å². The van der Waals surface area contributed by atoms with E-state index in [1.165, 1.54) is 84.9 Å². The zero-order chi connectivity index (χ0) is 84.0. The highest BCUT2D eigenvalue weighted by Gasteiger charge is 2.40. The first-order chi connectivity index (χ1) is 55.4. The zero-order valence-electron chi connectivity index (χ0n) is 60.0. The summed E-state index contributed by atoms with van der Waals surface area (Å²) in [7, 11) is 0. The minimum absolute atomic E-state index is 0.00501. The van der Waals surface area contributed by atoms with Crippen molar-refractivity contribution < 1.29 is 131 Å². The molecule has 13 amide bonds.